The van der Waals surface area contributed by atoms with Crippen LogP contribution < -0.4 is 0 Å². The van der Waals surface area contributed by atoms with Crippen molar-refractivity contribution in [3.8, 4) is 11.1 Å². The Bertz CT molecular complexity index is 999. The van der Waals surface area contributed by atoms with Gasteiger partial charge in [0.15, 0.2) is 0 Å². The van der Waals surface area contributed by atoms with E-state index < -0.39 is 11.4 Å². The summed E-state index contributed by atoms with van der Waals surface area (Å²) in [4.78, 5) is 29.7. The summed E-state index contributed by atoms with van der Waals surface area (Å²) in [7, 11) is 0. The van der Waals surface area contributed by atoms with Crippen molar-refractivity contribution < 1.29 is 14.0 Å². The molecular formula is C24H26ClFN2O2. The Labute approximate surface area is 181 Å². The van der Waals surface area contributed by atoms with Crippen molar-refractivity contribution in [2.45, 2.75) is 39.2 Å². The van der Waals surface area contributed by atoms with Crippen LogP contribution in [0.4, 0.5) is 4.39 Å². The second-order valence-corrected chi connectivity index (χ2v) is 9.69. The van der Waals surface area contributed by atoms with E-state index in [9.17, 15) is 14.0 Å². The smallest absolute Gasteiger partial charge is 0.254 e. The molecule has 6 heteroatoms. The van der Waals surface area contributed by atoms with Crippen LogP contribution in [0.1, 0.15) is 44.0 Å². The standard InChI is InChI=1S/C24H26ClFN2O2/c1-23(2)15-27(22(30)24(3)10-11-24)12-13-28(23)21(29)17-6-4-16(5-7-17)19-9-8-18(25)14-20(19)26/h4-9,14H,10-13,15H2,1-3H3. The first-order valence-electron chi connectivity index (χ1n) is 10.3. The first-order chi connectivity index (χ1) is 14.1. The third-order valence-electron chi connectivity index (χ3n) is 6.32. The Morgan fingerprint density at radius 1 is 1.00 bits per heavy atom. The van der Waals surface area contributed by atoms with Gasteiger partial charge in [-0.15, -0.1) is 0 Å². The predicted octanol–water partition coefficient (Wildman–Crippen LogP) is 5.01. The topological polar surface area (TPSA) is 40.6 Å². The SMILES string of the molecule is CC1(C(=O)N2CCN(C(=O)c3ccc(-c4ccc(Cl)cc4F)cc3)C(C)(C)C2)CC1. The summed E-state index contributed by atoms with van der Waals surface area (Å²) >= 11 is 5.83. The van der Waals surface area contributed by atoms with E-state index in [1.807, 2.05) is 30.6 Å². The van der Waals surface area contributed by atoms with Crippen LogP contribution in [0.5, 0.6) is 0 Å². The minimum Gasteiger partial charge on any atom is -0.338 e. The lowest BCUT2D eigenvalue weighted by molar-refractivity contribution is -0.140. The van der Waals surface area contributed by atoms with Crippen LogP contribution in [0.15, 0.2) is 42.5 Å². The maximum atomic E-state index is 14.2. The number of hydrogen-bond donors (Lipinski definition) is 0. The van der Waals surface area contributed by atoms with Gasteiger partial charge in [0, 0.05) is 41.2 Å². The Hall–Kier alpha value is -2.40. The molecule has 2 aromatic rings. The summed E-state index contributed by atoms with van der Waals surface area (Å²) in [6.45, 7) is 7.60. The first kappa shape index (κ1) is 20.9. The van der Waals surface area contributed by atoms with Crippen LogP contribution in [0.25, 0.3) is 11.1 Å². The third-order valence-corrected chi connectivity index (χ3v) is 6.56. The lowest BCUT2D eigenvalue weighted by atomic mass is 9.95. The van der Waals surface area contributed by atoms with Crippen molar-refractivity contribution in [2.75, 3.05) is 19.6 Å². The van der Waals surface area contributed by atoms with Gasteiger partial charge >= 0.3 is 0 Å². The molecule has 0 unspecified atom stereocenters. The van der Waals surface area contributed by atoms with Crippen molar-refractivity contribution >= 4 is 23.4 Å². The fourth-order valence-electron chi connectivity index (χ4n) is 4.16. The Kier molecular flexibility index (Phi) is 5.13. The van der Waals surface area contributed by atoms with Gasteiger partial charge in [-0.3, -0.25) is 9.59 Å². The number of carbonyl (C=O) groups is 2. The molecule has 0 bridgehead atoms. The fourth-order valence-corrected chi connectivity index (χ4v) is 4.32. The molecule has 0 radical (unpaired) electrons. The van der Waals surface area contributed by atoms with E-state index in [2.05, 4.69) is 0 Å². The fraction of sp³-hybridized carbons (Fsp3) is 0.417. The van der Waals surface area contributed by atoms with Gasteiger partial charge in [-0.2, -0.15) is 0 Å². The van der Waals surface area contributed by atoms with E-state index in [0.717, 1.165) is 12.8 Å². The molecule has 1 aliphatic heterocycles. The number of amides is 2. The number of halogens is 2. The van der Waals surface area contributed by atoms with Crippen molar-refractivity contribution in [1.82, 2.24) is 9.80 Å². The van der Waals surface area contributed by atoms with Crippen LogP contribution in [0, 0.1) is 11.2 Å². The van der Waals surface area contributed by atoms with Crippen molar-refractivity contribution in [3.05, 3.63) is 58.9 Å². The first-order valence-corrected chi connectivity index (χ1v) is 10.7. The van der Waals surface area contributed by atoms with Crippen LogP contribution in [-0.4, -0.2) is 46.8 Å². The zero-order valence-corrected chi connectivity index (χ0v) is 18.3. The lowest BCUT2D eigenvalue weighted by Gasteiger charge is -2.47. The minimum absolute atomic E-state index is 0.0761. The van der Waals surface area contributed by atoms with Crippen molar-refractivity contribution in [3.63, 3.8) is 0 Å². The Morgan fingerprint density at radius 3 is 2.23 bits per heavy atom. The number of piperazine rings is 1. The van der Waals surface area contributed by atoms with E-state index in [1.54, 1.807) is 36.4 Å². The van der Waals surface area contributed by atoms with Crippen LogP contribution >= 0.6 is 11.6 Å². The van der Waals surface area contributed by atoms with E-state index in [1.165, 1.54) is 6.07 Å². The molecule has 1 saturated heterocycles. The molecule has 0 spiro atoms. The second-order valence-electron chi connectivity index (χ2n) is 9.26. The highest BCUT2D eigenvalue weighted by Crippen LogP contribution is 2.47. The molecule has 0 N–H and O–H groups in total. The zero-order valence-electron chi connectivity index (χ0n) is 17.5. The van der Waals surface area contributed by atoms with Crippen LogP contribution in [0.2, 0.25) is 5.02 Å². The molecule has 4 nitrogen and oxygen atoms in total. The van der Waals surface area contributed by atoms with Gasteiger partial charge in [-0.25, -0.2) is 4.39 Å². The average molecular weight is 429 g/mol. The van der Waals surface area contributed by atoms with Gasteiger partial charge < -0.3 is 9.80 Å². The van der Waals surface area contributed by atoms with Crippen molar-refractivity contribution in [1.29, 1.82) is 0 Å². The molecule has 2 fully saturated rings. The number of nitrogens with zero attached hydrogens (tertiary/aromatic N) is 2. The van der Waals surface area contributed by atoms with E-state index >= 15 is 0 Å². The molecule has 2 amide bonds. The molecule has 0 atom stereocenters. The van der Waals surface area contributed by atoms with E-state index in [-0.39, 0.29) is 17.2 Å². The predicted molar refractivity (Wildman–Crippen MR) is 116 cm³/mol. The van der Waals surface area contributed by atoms with Crippen LogP contribution in [-0.2, 0) is 4.79 Å². The molecule has 2 aromatic carbocycles. The summed E-state index contributed by atoms with van der Waals surface area (Å²) in [5, 5.41) is 0.346. The number of benzene rings is 2. The monoisotopic (exact) mass is 428 g/mol. The molecule has 4 rings (SSSR count). The summed E-state index contributed by atoms with van der Waals surface area (Å²) in [6.07, 6.45) is 1.90. The molecule has 1 aliphatic carbocycles. The quantitative estimate of drug-likeness (QED) is 0.689. The average Bonchev–Trinajstić information content (AvgIpc) is 3.45. The van der Waals surface area contributed by atoms with Gasteiger partial charge in [-0.05, 0) is 62.6 Å². The highest BCUT2D eigenvalue weighted by molar-refractivity contribution is 6.30. The molecule has 158 valence electrons. The maximum absolute atomic E-state index is 14.2. The van der Waals surface area contributed by atoms with Gasteiger partial charge in [0.2, 0.25) is 5.91 Å². The molecule has 30 heavy (non-hydrogen) atoms. The second kappa shape index (κ2) is 7.38. The summed E-state index contributed by atoms with van der Waals surface area (Å²) in [5.74, 6) is -0.266. The van der Waals surface area contributed by atoms with Crippen LogP contribution in [0.3, 0.4) is 0 Å². The Morgan fingerprint density at radius 2 is 1.67 bits per heavy atom. The molecule has 2 aliphatic rings. The molecule has 0 aromatic heterocycles. The summed E-state index contributed by atoms with van der Waals surface area (Å²) < 4.78 is 14.2. The summed E-state index contributed by atoms with van der Waals surface area (Å²) in [6, 6.07) is 11.5. The van der Waals surface area contributed by atoms with Crippen molar-refractivity contribution in [2.24, 2.45) is 5.41 Å². The summed E-state index contributed by atoms with van der Waals surface area (Å²) in [5.41, 5.74) is 1.02. The highest BCUT2D eigenvalue weighted by Gasteiger charge is 2.49. The van der Waals surface area contributed by atoms with Gasteiger partial charge in [0.1, 0.15) is 5.82 Å². The van der Waals surface area contributed by atoms with Gasteiger partial charge in [0.05, 0.1) is 5.54 Å². The third kappa shape index (κ3) is 3.83. The van der Waals surface area contributed by atoms with Gasteiger partial charge in [0.25, 0.3) is 5.91 Å². The number of rotatable bonds is 3. The number of hydrogen-bond acceptors (Lipinski definition) is 2. The largest absolute Gasteiger partial charge is 0.338 e. The lowest BCUT2D eigenvalue weighted by Crippen LogP contribution is -2.62. The zero-order chi connectivity index (χ0) is 21.7. The maximum Gasteiger partial charge on any atom is 0.254 e. The molecule has 1 heterocycles. The number of carbonyl (C=O) groups excluding carboxylic acids is 2. The molecular weight excluding hydrogens is 403 g/mol. The van der Waals surface area contributed by atoms with E-state index in [0.29, 0.717) is 41.3 Å². The van der Waals surface area contributed by atoms with Gasteiger partial charge in [-0.1, -0.05) is 30.7 Å². The normalized spacial score (nSPS) is 19.5. The van der Waals surface area contributed by atoms with E-state index in [4.69, 9.17) is 11.6 Å². The molecule has 1 saturated carbocycles. The Balaban J connectivity index is 1.49. The highest BCUT2D eigenvalue weighted by atomic mass is 35.5. The minimum atomic E-state index is -0.461.